The van der Waals surface area contributed by atoms with E-state index in [2.05, 4.69) is 28.3 Å². The van der Waals surface area contributed by atoms with Crippen molar-refractivity contribution in [2.45, 2.75) is 31.8 Å². The molecule has 0 fully saturated rings. The van der Waals surface area contributed by atoms with Gasteiger partial charge in [-0.2, -0.15) is 0 Å². The van der Waals surface area contributed by atoms with E-state index in [4.69, 9.17) is 4.52 Å². The maximum absolute atomic E-state index is 13.1. The molecule has 1 aliphatic rings. The fraction of sp³-hybridized carbons (Fsp3) is 0.261. The van der Waals surface area contributed by atoms with Crippen LogP contribution in [-0.2, 0) is 13.0 Å². The minimum Gasteiger partial charge on any atom is -0.359 e. The van der Waals surface area contributed by atoms with Crippen molar-refractivity contribution in [3.8, 4) is 0 Å². The van der Waals surface area contributed by atoms with Gasteiger partial charge in [-0.15, -0.1) is 0 Å². The number of aryl methyl sites for hydroxylation is 1. The summed E-state index contributed by atoms with van der Waals surface area (Å²) in [6.07, 6.45) is 4.89. The molecule has 0 N–H and O–H groups in total. The Morgan fingerprint density at radius 2 is 2.03 bits per heavy atom. The molecule has 0 spiro atoms. The lowest BCUT2D eigenvalue weighted by atomic mass is 9.87. The molecule has 6 nitrogen and oxygen atoms in total. The molecule has 1 unspecified atom stereocenters. The molecule has 0 saturated heterocycles. The number of benzene rings is 2. The molecule has 2 aromatic heterocycles. The third-order valence-corrected chi connectivity index (χ3v) is 5.76. The van der Waals surface area contributed by atoms with Crippen molar-refractivity contribution < 1.29 is 9.32 Å². The van der Waals surface area contributed by atoms with Crippen LogP contribution in [0.4, 0.5) is 0 Å². The Morgan fingerprint density at radius 3 is 2.97 bits per heavy atom. The molecule has 146 valence electrons. The molecule has 2 aromatic carbocycles. The van der Waals surface area contributed by atoms with Gasteiger partial charge in [0, 0.05) is 13.1 Å². The van der Waals surface area contributed by atoms with Gasteiger partial charge in [-0.25, -0.2) is 4.98 Å². The highest BCUT2D eigenvalue weighted by molar-refractivity contribution is 5.92. The smallest absolute Gasteiger partial charge is 0.276 e. The molecular formula is C23H22N4O2. The van der Waals surface area contributed by atoms with Gasteiger partial charge in [0.2, 0.25) is 0 Å². The van der Waals surface area contributed by atoms with Crippen molar-refractivity contribution in [3.05, 3.63) is 83.5 Å². The molecule has 0 saturated carbocycles. The van der Waals surface area contributed by atoms with E-state index in [1.807, 2.05) is 41.9 Å². The fourth-order valence-corrected chi connectivity index (χ4v) is 4.25. The summed E-state index contributed by atoms with van der Waals surface area (Å²) >= 11 is 0. The predicted molar refractivity (Wildman–Crippen MR) is 110 cm³/mol. The van der Waals surface area contributed by atoms with Crippen LogP contribution in [0.15, 0.2) is 65.4 Å². The van der Waals surface area contributed by atoms with Gasteiger partial charge in [-0.05, 0) is 42.5 Å². The largest absolute Gasteiger partial charge is 0.359 e. The number of fused-ring (bicyclic) bond motifs is 2. The minimum absolute atomic E-state index is 0.0743. The van der Waals surface area contributed by atoms with Crippen LogP contribution in [0, 0.1) is 0 Å². The lowest BCUT2D eigenvalue weighted by molar-refractivity contribution is 0.0704. The normalized spacial score (nSPS) is 16.0. The van der Waals surface area contributed by atoms with Crippen molar-refractivity contribution >= 4 is 16.9 Å². The number of nitrogens with zero attached hydrogens (tertiary/aromatic N) is 4. The Balaban J connectivity index is 1.36. The molecule has 4 aromatic rings. The first-order chi connectivity index (χ1) is 14.2. The molecule has 1 atom stereocenters. The van der Waals surface area contributed by atoms with Gasteiger partial charge in [0.1, 0.15) is 0 Å². The van der Waals surface area contributed by atoms with E-state index in [0.717, 1.165) is 30.3 Å². The second kappa shape index (κ2) is 7.20. The summed E-state index contributed by atoms with van der Waals surface area (Å²) in [4.78, 5) is 19.3. The minimum atomic E-state index is -0.114. The first-order valence-electron chi connectivity index (χ1n) is 9.91. The Bertz CT molecular complexity index is 1180. The summed E-state index contributed by atoms with van der Waals surface area (Å²) in [5.41, 5.74) is 4.86. The van der Waals surface area contributed by atoms with Gasteiger partial charge >= 0.3 is 0 Å². The van der Waals surface area contributed by atoms with Crippen molar-refractivity contribution in [2.24, 2.45) is 0 Å². The maximum atomic E-state index is 13.1. The number of amides is 1. The van der Waals surface area contributed by atoms with Crippen molar-refractivity contribution in [1.29, 1.82) is 0 Å². The summed E-state index contributed by atoms with van der Waals surface area (Å²) in [5.74, 6) is 0.520. The highest BCUT2D eigenvalue weighted by Crippen LogP contribution is 2.34. The first-order valence-corrected chi connectivity index (χ1v) is 9.91. The first kappa shape index (κ1) is 17.7. The van der Waals surface area contributed by atoms with E-state index in [0.29, 0.717) is 18.0 Å². The van der Waals surface area contributed by atoms with Crippen LogP contribution in [0.25, 0.3) is 11.0 Å². The van der Waals surface area contributed by atoms with Crippen LogP contribution in [0.3, 0.4) is 0 Å². The van der Waals surface area contributed by atoms with Gasteiger partial charge in [0.25, 0.3) is 5.91 Å². The van der Waals surface area contributed by atoms with Gasteiger partial charge < -0.3 is 14.0 Å². The van der Waals surface area contributed by atoms with Crippen molar-refractivity contribution in [1.82, 2.24) is 19.6 Å². The summed E-state index contributed by atoms with van der Waals surface area (Å²) in [5, 5.41) is 4.05. The Labute approximate surface area is 168 Å². The number of para-hydroxylation sites is 2. The number of hydrogen-bond donors (Lipinski definition) is 0. The molecule has 2 heterocycles. The molecule has 1 amide bonds. The highest BCUT2D eigenvalue weighted by Gasteiger charge is 2.28. The third kappa shape index (κ3) is 3.20. The molecular weight excluding hydrogens is 364 g/mol. The number of hydrogen-bond acceptors (Lipinski definition) is 4. The predicted octanol–water partition coefficient (Wildman–Crippen LogP) is 4.22. The van der Waals surface area contributed by atoms with Gasteiger partial charge in [-0.1, -0.05) is 41.6 Å². The van der Waals surface area contributed by atoms with Crippen LogP contribution >= 0.6 is 0 Å². The zero-order chi connectivity index (χ0) is 19.8. The lowest BCUT2D eigenvalue weighted by Crippen LogP contribution is -2.33. The third-order valence-electron chi connectivity index (χ3n) is 5.76. The zero-order valence-electron chi connectivity index (χ0n) is 16.3. The Hall–Kier alpha value is -3.41. The maximum Gasteiger partial charge on any atom is 0.276 e. The van der Waals surface area contributed by atoms with Crippen LogP contribution < -0.4 is 0 Å². The van der Waals surface area contributed by atoms with Crippen LogP contribution in [0.5, 0.6) is 0 Å². The van der Waals surface area contributed by atoms with Crippen LogP contribution in [0.1, 0.15) is 46.3 Å². The molecule has 5 rings (SSSR count). The van der Waals surface area contributed by atoms with Gasteiger partial charge in [0.15, 0.2) is 11.5 Å². The van der Waals surface area contributed by atoms with Gasteiger partial charge in [0.05, 0.1) is 29.9 Å². The molecule has 0 aliphatic heterocycles. The van der Waals surface area contributed by atoms with E-state index in [-0.39, 0.29) is 11.9 Å². The van der Waals surface area contributed by atoms with Crippen molar-refractivity contribution in [3.63, 3.8) is 0 Å². The number of aromatic nitrogens is 3. The van der Waals surface area contributed by atoms with E-state index in [1.165, 1.54) is 11.1 Å². The number of rotatable bonds is 4. The van der Waals surface area contributed by atoms with Crippen LogP contribution in [-0.4, -0.2) is 32.6 Å². The molecule has 29 heavy (non-hydrogen) atoms. The highest BCUT2D eigenvalue weighted by atomic mass is 16.5. The average Bonchev–Trinajstić information content (AvgIpc) is 3.40. The van der Waals surface area contributed by atoms with Crippen LogP contribution in [0.2, 0.25) is 0 Å². The average molecular weight is 386 g/mol. The molecule has 0 radical (unpaired) electrons. The lowest BCUT2D eigenvalue weighted by Gasteiger charge is -2.32. The number of imidazole rings is 1. The zero-order valence-corrected chi connectivity index (χ0v) is 16.3. The van der Waals surface area contributed by atoms with E-state index in [1.54, 1.807) is 17.3 Å². The van der Waals surface area contributed by atoms with E-state index in [9.17, 15) is 4.79 Å². The Morgan fingerprint density at radius 1 is 1.21 bits per heavy atom. The summed E-state index contributed by atoms with van der Waals surface area (Å²) in [6, 6.07) is 18.1. The Kier molecular flexibility index (Phi) is 4.39. The summed E-state index contributed by atoms with van der Waals surface area (Å²) in [6.45, 7) is 0.483. The quantitative estimate of drug-likeness (QED) is 0.527. The number of carbonyl (C=O) groups is 1. The molecule has 1 aliphatic carbocycles. The van der Waals surface area contributed by atoms with Crippen molar-refractivity contribution in [2.75, 3.05) is 7.05 Å². The number of carbonyl (C=O) groups excluding carboxylic acids is 1. The SMILES string of the molecule is CN(C(=O)c1cc(Cn2cnc3ccccc32)on1)C1CCCc2ccccc21. The van der Waals surface area contributed by atoms with E-state index < -0.39 is 0 Å². The standard InChI is InChI=1S/C23H22N4O2/c1-26(21-12-6-8-16-7-2-3-9-18(16)21)23(28)20-13-17(29-25-20)14-27-15-24-19-10-4-5-11-22(19)27/h2-5,7,9-11,13,15,21H,6,8,12,14H2,1H3. The fourth-order valence-electron chi connectivity index (χ4n) is 4.25. The summed E-state index contributed by atoms with van der Waals surface area (Å²) in [7, 11) is 1.85. The second-order valence-corrected chi connectivity index (χ2v) is 7.56. The monoisotopic (exact) mass is 386 g/mol. The van der Waals surface area contributed by atoms with E-state index >= 15 is 0 Å². The molecule has 0 bridgehead atoms. The second-order valence-electron chi connectivity index (χ2n) is 7.56. The topological polar surface area (TPSA) is 64.2 Å². The summed E-state index contributed by atoms with van der Waals surface area (Å²) < 4.78 is 7.46. The van der Waals surface area contributed by atoms with Gasteiger partial charge in [-0.3, -0.25) is 4.79 Å². The molecule has 6 heteroatoms.